The Labute approximate surface area is 161 Å². The molecule has 1 aliphatic heterocycles. The van der Waals surface area contributed by atoms with Crippen molar-refractivity contribution in [3.8, 4) is 0 Å². The summed E-state index contributed by atoms with van der Waals surface area (Å²) in [5, 5.41) is 2.91. The number of likely N-dealkylation sites (tertiary alicyclic amines) is 1. The van der Waals surface area contributed by atoms with Crippen molar-refractivity contribution in [2.75, 3.05) is 19.6 Å². The molecule has 2 fully saturated rings. The molecule has 0 aromatic heterocycles. The first kappa shape index (κ1) is 19.5. The van der Waals surface area contributed by atoms with Gasteiger partial charge in [-0.25, -0.2) is 9.59 Å². The third-order valence-corrected chi connectivity index (χ3v) is 5.39. The van der Waals surface area contributed by atoms with E-state index in [0.29, 0.717) is 32.2 Å². The Hall–Kier alpha value is -2.24. The number of benzene rings is 1. The molecule has 0 bridgehead atoms. The molecule has 2 aliphatic rings. The molecule has 1 aromatic rings. The fourth-order valence-electron chi connectivity index (χ4n) is 3.69. The lowest BCUT2D eigenvalue weighted by atomic mass is 9.88. The van der Waals surface area contributed by atoms with Crippen LogP contribution in [0.2, 0.25) is 0 Å². The molecule has 0 spiro atoms. The molecular formula is C21H30N2O4. The zero-order valence-electron chi connectivity index (χ0n) is 16.5. The van der Waals surface area contributed by atoms with Crippen molar-refractivity contribution in [3.05, 3.63) is 35.9 Å². The maximum atomic E-state index is 12.3. The van der Waals surface area contributed by atoms with Crippen LogP contribution in [0.4, 0.5) is 9.59 Å². The Morgan fingerprint density at radius 2 is 1.93 bits per heavy atom. The fraction of sp³-hybridized carbons (Fsp3) is 0.619. The Balaban J connectivity index is 1.44. The number of ether oxygens (including phenoxy) is 2. The number of hydrogen-bond acceptors (Lipinski definition) is 4. The van der Waals surface area contributed by atoms with Crippen LogP contribution in [0.3, 0.4) is 0 Å². The summed E-state index contributed by atoms with van der Waals surface area (Å²) in [5.74, 6) is 0.400. The van der Waals surface area contributed by atoms with Crippen LogP contribution in [-0.4, -0.2) is 42.3 Å². The maximum absolute atomic E-state index is 12.3. The molecule has 1 saturated heterocycles. The summed E-state index contributed by atoms with van der Waals surface area (Å²) >= 11 is 0. The van der Waals surface area contributed by atoms with Gasteiger partial charge in [-0.3, -0.25) is 0 Å². The largest absolute Gasteiger partial charge is 0.445 e. The van der Waals surface area contributed by atoms with E-state index >= 15 is 0 Å². The Kier molecular flexibility index (Phi) is 5.63. The Morgan fingerprint density at radius 1 is 1.22 bits per heavy atom. The van der Waals surface area contributed by atoms with Crippen LogP contribution >= 0.6 is 0 Å². The molecule has 1 saturated carbocycles. The molecule has 1 aromatic carbocycles. The van der Waals surface area contributed by atoms with E-state index in [0.717, 1.165) is 24.8 Å². The second kappa shape index (κ2) is 7.79. The van der Waals surface area contributed by atoms with Crippen LogP contribution in [0, 0.1) is 11.3 Å². The third-order valence-electron chi connectivity index (χ3n) is 5.39. The molecule has 6 nitrogen and oxygen atoms in total. The van der Waals surface area contributed by atoms with Crippen molar-refractivity contribution in [3.63, 3.8) is 0 Å². The standard InChI is InChI=1S/C21H30N2O4/c1-20(2,3)27-18(24)22-15-21(10-11-21)17-9-12-23(13-17)19(25)26-14-16-7-5-4-6-8-16/h4-8,17H,9-15H2,1-3H3,(H,22,24)/t17-/m0/s1. The average Bonchev–Trinajstić information content (AvgIpc) is 3.24. The van der Waals surface area contributed by atoms with E-state index in [-0.39, 0.29) is 17.6 Å². The Morgan fingerprint density at radius 3 is 2.56 bits per heavy atom. The van der Waals surface area contributed by atoms with E-state index in [1.54, 1.807) is 4.90 Å². The normalized spacial score (nSPS) is 20.9. The predicted molar refractivity (Wildman–Crippen MR) is 102 cm³/mol. The molecular weight excluding hydrogens is 344 g/mol. The van der Waals surface area contributed by atoms with Gasteiger partial charge in [-0.1, -0.05) is 30.3 Å². The second-order valence-electron chi connectivity index (χ2n) is 8.69. The van der Waals surface area contributed by atoms with Crippen molar-refractivity contribution >= 4 is 12.2 Å². The molecule has 27 heavy (non-hydrogen) atoms. The minimum absolute atomic E-state index is 0.103. The number of carbonyl (C=O) groups excluding carboxylic acids is 2. The van der Waals surface area contributed by atoms with Crippen LogP contribution < -0.4 is 5.32 Å². The molecule has 2 amide bonds. The number of rotatable bonds is 5. The van der Waals surface area contributed by atoms with Crippen molar-refractivity contribution in [1.82, 2.24) is 10.2 Å². The number of amides is 2. The number of alkyl carbamates (subject to hydrolysis) is 1. The van der Waals surface area contributed by atoms with Crippen LogP contribution in [0.1, 0.15) is 45.6 Å². The van der Waals surface area contributed by atoms with Gasteiger partial charge < -0.3 is 19.7 Å². The second-order valence-corrected chi connectivity index (χ2v) is 8.69. The van der Waals surface area contributed by atoms with Gasteiger partial charge in [0.2, 0.25) is 0 Å². The lowest BCUT2D eigenvalue weighted by Gasteiger charge is -2.25. The van der Waals surface area contributed by atoms with Gasteiger partial charge in [0.25, 0.3) is 0 Å². The van der Waals surface area contributed by atoms with Crippen molar-refractivity contribution in [2.45, 2.75) is 52.2 Å². The van der Waals surface area contributed by atoms with Crippen LogP contribution in [0.5, 0.6) is 0 Å². The topological polar surface area (TPSA) is 67.9 Å². The first-order valence-corrected chi connectivity index (χ1v) is 9.70. The molecule has 0 unspecified atom stereocenters. The number of nitrogens with one attached hydrogen (secondary N) is 1. The molecule has 0 radical (unpaired) electrons. The quantitative estimate of drug-likeness (QED) is 0.847. The van der Waals surface area contributed by atoms with Gasteiger partial charge in [-0.05, 0) is 56.9 Å². The predicted octanol–water partition coefficient (Wildman–Crippen LogP) is 3.95. The number of hydrogen-bond donors (Lipinski definition) is 1. The molecule has 148 valence electrons. The van der Waals surface area contributed by atoms with E-state index in [4.69, 9.17) is 9.47 Å². The van der Waals surface area contributed by atoms with E-state index in [1.807, 2.05) is 51.1 Å². The summed E-state index contributed by atoms with van der Waals surface area (Å²) in [6.45, 7) is 7.89. The van der Waals surface area contributed by atoms with Crippen molar-refractivity contribution in [1.29, 1.82) is 0 Å². The monoisotopic (exact) mass is 374 g/mol. The van der Waals surface area contributed by atoms with Gasteiger partial charge in [0.05, 0.1) is 0 Å². The lowest BCUT2D eigenvalue weighted by Crippen LogP contribution is -2.39. The summed E-state index contributed by atoms with van der Waals surface area (Å²) in [7, 11) is 0. The van der Waals surface area contributed by atoms with Gasteiger partial charge in [0, 0.05) is 19.6 Å². The van der Waals surface area contributed by atoms with Gasteiger partial charge in [0.1, 0.15) is 12.2 Å². The molecule has 1 atom stereocenters. The zero-order chi connectivity index (χ0) is 19.5. The van der Waals surface area contributed by atoms with E-state index in [1.165, 1.54) is 0 Å². The minimum Gasteiger partial charge on any atom is -0.445 e. The Bertz CT molecular complexity index is 665. The van der Waals surface area contributed by atoms with Crippen LogP contribution in [0.25, 0.3) is 0 Å². The highest BCUT2D eigenvalue weighted by Crippen LogP contribution is 2.54. The maximum Gasteiger partial charge on any atom is 0.410 e. The average molecular weight is 374 g/mol. The summed E-state index contributed by atoms with van der Waals surface area (Å²) < 4.78 is 10.8. The highest BCUT2D eigenvalue weighted by atomic mass is 16.6. The number of nitrogens with zero attached hydrogens (tertiary/aromatic N) is 1. The summed E-state index contributed by atoms with van der Waals surface area (Å²) in [4.78, 5) is 26.1. The van der Waals surface area contributed by atoms with Crippen molar-refractivity contribution in [2.24, 2.45) is 11.3 Å². The van der Waals surface area contributed by atoms with Crippen LogP contribution in [-0.2, 0) is 16.1 Å². The summed E-state index contributed by atoms with van der Waals surface area (Å²) in [6, 6.07) is 9.70. The van der Waals surface area contributed by atoms with Gasteiger partial charge in [0.15, 0.2) is 0 Å². The first-order chi connectivity index (χ1) is 12.8. The molecule has 3 rings (SSSR count). The smallest absolute Gasteiger partial charge is 0.410 e. The van der Waals surface area contributed by atoms with Gasteiger partial charge >= 0.3 is 12.2 Å². The fourth-order valence-corrected chi connectivity index (χ4v) is 3.69. The molecule has 1 N–H and O–H groups in total. The van der Waals surface area contributed by atoms with E-state index < -0.39 is 5.60 Å². The van der Waals surface area contributed by atoms with Gasteiger partial charge in [-0.15, -0.1) is 0 Å². The summed E-state index contributed by atoms with van der Waals surface area (Å²) in [6.07, 6.45) is 2.50. The zero-order valence-corrected chi connectivity index (χ0v) is 16.5. The van der Waals surface area contributed by atoms with Gasteiger partial charge in [-0.2, -0.15) is 0 Å². The highest BCUT2D eigenvalue weighted by Gasteiger charge is 2.51. The van der Waals surface area contributed by atoms with Crippen LogP contribution in [0.15, 0.2) is 30.3 Å². The van der Waals surface area contributed by atoms with Crippen molar-refractivity contribution < 1.29 is 19.1 Å². The van der Waals surface area contributed by atoms with E-state index in [9.17, 15) is 9.59 Å². The molecule has 1 heterocycles. The van der Waals surface area contributed by atoms with E-state index in [2.05, 4.69) is 5.32 Å². The lowest BCUT2D eigenvalue weighted by molar-refractivity contribution is 0.0507. The number of carbonyl (C=O) groups is 2. The first-order valence-electron chi connectivity index (χ1n) is 9.70. The third kappa shape index (κ3) is 5.37. The SMILES string of the molecule is CC(C)(C)OC(=O)NCC1([C@H]2CCN(C(=O)OCc3ccccc3)C2)CC1. The molecule has 1 aliphatic carbocycles. The summed E-state index contributed by atoms with van der Waals surface area (Å²) in [5.41, 5.74) is 0.598. The highest BCUT2D eigenvalue weighted by molar-refractivity contribution is 5.68. The minimum atomic E-state index is -0.493. The molecule has 6 heteroatoms.